The summed E-state index contributed by atoms with van der Waals surface area (Å²) in [5.41, 5.74) is 3.65. The molecule has 3 heterocycles. The van der Waals surface area contributed by atoms with E-state index in [2.05, 4.69) is 20.1 Å². The molecule has 0 spiro atoms. The van der Waals surface area contributed by atoms with Crippen molar-refractivity contribution >= 4 is 23.1 Å². The SMILES string of the molecule is CCOc1ccc(-c2ccc(N3CCN(C(=O)c4sc(-c5ccccc5)nc4C)CC3)nn2)cc1. The summed E-state index contributed by atoms with van der Waals surface area (Å²) in [6.07, 6.45) is 0. The standard InChI is InChI=1S/C27H27N5O2S/c1-3-34-22-11-9-20(10-12-22)23-13-14-24(30-29-23)31-15-17-32(18-16-31)27(33)25-19(2)28-26(35-25)21-7-5-4-6-8-21/h4-14H,3,15-18H2,1-2H3. The number of aromatic nitrogens is 3. The number of piperazine rings is 1. The molecule has 0 aliphatic carbocycles. The predicted octanol–water partition coefficient (Wildman–Crippen LogP) is 4.94. The highest BCUT2D eigenvalue weighted by Crippen LogP contribution is 2.29. The number of amides is 1. The summed E-state index contributed by atoms with van der Waals surface area (Å²) in [7, 11) is 0. The second-order valence-corrected chi connectivity index (χ2v) is 9.31. The highest BCUT2D eigenvalue weighted by atomic mass is 32.1. The maximum Gasteiger partial charge on any atom is 0.265 e. The van der Waals surface area contributed by atoms with Gasteiger partial charge in [-0.15, -0.1) is 21.5 Å². The molecule has 0 radical (unpaired) electrons. The summed E-state index contributed by atoms with van der Waals surface area (Å²) in [5, 5.41) is 9.76. The van der Waals surface area contributed by atoms with E-state index in [0.29, 0.717) is 32.8 Å². The van der Waals surface area contributed by atoms with Gasteiger partial charge in [0.25, 0.3) is 5.91 Å². The minimum absolute atomic E-state index is 0.0544. The number of benzene rings is 2. The molecular weight excluding hydrogens is 458 g/mol. The van der Waals surface area contributed by atoms with Crippen molar-refractivity contribution in [3.63, 3.8) is 0 Å². The largest absolute Gasteiger partial charge is 0.494 e. The van der Waals surface area contributed by atoms with Crippen LogP contribution in [0.2, 0.25) is 0 Å². The van der Waals surface area contributed by atoms with Gasteiger partial charge in [-0.3, -0.25) is 4.79 Å². The van der Waals surface area contributed by atoms with Crippen LogP contribution in [-0.2, 0) is 0 Å². The summed E-state index contributed by atoms with van der Waals surface area (Å²) >= 11 is 1.47. The van der Waals surface area contributed by atoms with E-state index < -0.39 is 0 Å². The molecule has 1 fully saturated rings. The van der Waals surface area contributed by atoms with Crippen LogP contribution >= 0.6 is 11.3 Å². The zero-order chi connectivity index (χ0) is 24.2. The molecule has 5 rings (SSSR count). The van der Waals surface area contributed by atoms with Crippen LogP contribution in [-0.4, -0.2) is 58.8 Å². The number of hydrogen-bond acceptors (Lipinski definition) is 7. The Morgan fingerprint density at radius 3 is 2.31 bits per heavy atom. The summed E-state index contributed by atoms with van der Waals surface area (Å²) < 4.78 is 5.50. The molecule has 35 heavy (non-hydrogen) atoms. The van der Waals surface area contributed by atoms with E-state index in [-0.39, 0.29) is 5.91 Å². The molecule has 4 aromatic rings. The highest BCUT2D eigenvalue weighted by molar-refractivity contribution is 7.17. The predicted molar refractivity (Wildman–Crippen MR) is 139 cm³/mol. The van der Waals surface area contributed by atoms with Gasteiger partial charge in [-0.2, -0.15) is 0 Å². The third-order valence-electron chi connectivity index (χ3n) is 6.01. The Kier molecular flexibility index (Phi) is 6.72. The molecule has 2 aromatic heterocycles. The van der Waals surface area contributed by atoms with Crippen molar-refractivity contribution in [2.24, 2.45) is 0 Å². The van der Waals surface area contributed by atoms with Gasteiger partial charge in [0.2, 0.25) is 0 Å². The van der Waals surface area contributed by atoms with Gasteiger partial charge in [-0.1, -0.05) is 30.3 Å². The number of carbonyl (C=O) groups is 1. The highest BCUT2D eigenvalue weighted by Gasteiger charge is 2.26. The molecule has 2 aromatic carbocycles. The lowest BCUT2D eigenvalue weighted by Gasteiger charge is -2.35. The maximum absolute atomic E-state index is 13.2. The molecule has 7 nitrogen and oxygen atoms in total. The molecule has 1 amide bonds. The van der Waals surface area contributed by atoms with E-state index in [0.717, 1.165) is 44.0 Å². The molecule has 178 valence electrons. The van der Waals surface area contributed by atoms with Gasteiger partial charge < -0.3 is 14.5 Å². The van der Waals surface area contributed by atoms with Crippen molar-refractivity contribution < 1.29 is 9.53 Å². The fourth-order valence-electron chi connectivity index (χ4n) is 4.12. The van der Waals surface area contributed by atoms with E-state index in [9.17, 15) is 4.79 Å². The monoisotopic (exact) mass is 485 g/mol. The Labute approximate surface area is 209 Å². The van der Waals surface area contributed by atoms with Crippen LogP contribution in [0.5, 0.6) is 5.75 Å². The Morgan fingerprint density at radius 2 is 1.66 bits per heavy atom. The number of aryl methyl sites for hydroxylation is 1. The minimum atomic E-state index is 0.0544. The van der Waals surface area contributed by atoms with E-state index in [1.807, 2.05) is 85.5 Å². The van der Waals surface area contributed by atoms with Crippen LogP contribution in [0, 0.1) is 6.92 Å². The molecule has 0 unspecified atom stereocenters. The van der Waals surface area contributed by atoms with Crippen LogP contribution in [0.25, 0.3) is 21.8 Å². The molecule has 1 aliphatic rings. The van der Waals surface area contributed by atoms with E-state index in [1.165, 1.54) is 11.3 Å². The third-order valence-corrected chi connectivity index (χ3v) is 7.21. The van der Waals surface area contributed by atoms with Crippen LogP contribution in [0.3, 0.4) is 0 Å². The quantitative estimate of drug-likeness (QED) is 0.385. The molecular formula is C27H27N5O2S. The summed E-state index contributed by atoms with van der Waals surface area (Å²) in [4.78, 5) is 22.7. The van der Waals surface area contributed by atoms with E-state index >= 15 is 0 Å². The molecule has 1 saturated heterocycles. The molecule has 1 aliphatic heterocycles. The number of nitrogens with zero attached hydrogens (tertiary/aromatic N) is 5. The van der Waals surface area contributed by atoms with E-state index in [4.69, 9.17) is 4.74 Å². The first-order valence-electron chi connectivity index (χ1n) is 11.8. The van der Waals surface area contributed by atoms with Crippen LogP contribution < -0.4 is 9.64 Å². The average molecular weight is 486 g/mol. The Bertz CT molecular complexity index is 1280. The number of ether oxygens (including phenoxy) is 1. The summed E-state index contributed by atoms with van der Waals surface area (Å²) in [5.74, 6) is 1.73. The van der Waals surface area contributed by atoms with Crippen molar-refractivity contribution in [3.8, 4) is 27.6 Å². The van der Waals surface area contributed by atoms with Gasteiger partial charge in [0.1, 0.15) is 15.6 Å². The molecule has 0 atom stereocenters. The fraction of sp³-hybridized carbons (Fsp3) is 0.259. The van der Waals surface area contributed by atoms with Crippen LogP contribution in [0.15, 0.2) is 66.7 Å². The van der Waals surface area contributed by atoms with E-state index in [1.54, 1.807) is 0 Å². The number of thiazole rings is 1. The molecule has 8 heteroatoms. The van der Waals surface area contributed by atoms with Crippen LogP contribution in [0.4, 0.5) is 5.82 Å². The third kappa shape index (κ3) is 5.02. The maximum atomic E-state index is 13.2. The van der Waals surface area contributed by atoms with Crippen LogP contribution in [0.1, 0.15) is 22.3 Å². The van der Waals surface area contributed by atoms with Gasteiger partial charge >= 0.3 is 0 Å². The Morgan fingerprint density at radius 1 is 0.914 bits per heavy atom. The number of hydrogen-bond donors (Lipinski definition) is 0. The number of carbonyl (C=O) groups excluding carboxylic acids is 1. The minimum Gasteiger partial charge on any atom is -0.494 e. The van der Waals surface area contributed by atoms with Crippen molar-refractivity contribution in [1.82, 2.24) is 20.1 Å². The second-order valence-electron chi connectivity index (χ2n) is 8.31. The molecule has 0 N–H and O–H groups in total. The lowest BCUT2D eigenvalue weighted by atomic mass is 10.1. The zero-order valence-electron chi connectivity index (χ0n) is 19.8. The number of anilines is 1. The van der Waals surface area contributed by atoms with Gasteiger partial charge in [0.05, 0.1) is 18.0 Å². The Hall–Kier alpha value is -3.78. The van der Waals surface area contributed by atoms with Crippen molar-refractivity contribution in [2.45, 2.75) is 13.8 Å². The second kappa shape index (κ2) is 10.2. The lowest BCUT2D eigenvalue weighted by molar-refractivity contribution is 0.0750. The zero-order valence-corrected chi connectivity index (χ0v) is 20.7. The van der Waals surface area contributed by atoms with Gasteiger partial charge in [-0.05, 0) is 50.2 Å². The fourth-order valence-corrected chi connectivity index (χ4v) is 5.16. The topological polar surface area (TPSA) is 71.5 Å². The van der Waals surface area contributed by atoms with Gasteiger partial charge in [-0.25, -0.2) is 4.98 Å². The normalized spacial score (nSPS) is 13.7. The summed E-state index contributed by atoms with van der Waals surface area (Å²) in [6.45, 7) is 7.23. The Balaban J connectivity index is 1.21. The van der Waals surface area contributed by atoms with Crippen molar-refractivity contribution in [2.75, 3.05) is 37.7 Å². The first-order chi connectivity index (χ1) is 17.1. The molecule has 0 saturated carbocycles. The smallest absolute Gasteiger partial charge is 0.265 e. The first kappa shape index (κ1) is 23.0. The van der Waals surface area contributed by atoms with Crippen molar-refractivity contribution in [1.29, 1.82) is 0 Å². The van der Waals surface area contributed by atoms with Gasteiger partial charge in [0, 0.05) is 37.3 Å². The average Bonchev–Trinajstić information content (AvgIpc) is 3.31. The molecule has 0 bridgehead atoms. The summed E-state index contributed by atoms with van der Waals surface area (Å²) in [6, 6.07) is 21.8. The lowest BCUT2D eigenvalue weighted by Crippen LogP contribution is -2.49. The number of rotatable bonds is 6. The van der Waals surface area contributed by atoms with Crippen molar-refractivity contribution in [3.05, 3.63) is 77.3 Å². The van der Waals surface area contributed by atoms with Gasteiger partial charge in [0.15, 0.2) is 5.82 Å². The first-order valence-corrected chi connectivity index (χ1v) is 12.6.